The highest BCUT2D eigenvalue weighted by atomic mass is 15.3. The first-order chi connectivity index (χ1) is 9.16. The minimum absolute atomic E-state index is 0.334. The molecule has 1 heterocycles. The van der Waals surface area contributed by atoms with Crippen LogP contribution in [0.2, 0.25) is 0 Å². The molecule has 0 bridgehead atoms. The van der Waals surface area contributed by atoms with Gasteiger partial charge in [-0.1, -0.05) is 39.5 Å². The highest BCUT2D eigenvalue weighted by molar-refractivity contribution is 4.95. The summed E-state index contributed by atoms with van der Waals surface area (Å²) >= 11 is 0. The maximum atomic E-state index is 6.20. The Hall–Kier alpha value is -0.120. The molecular weight excluding hydrogens is 234 g/mol. The highest BCUT2D eigenvalue weighted by Gasteiger charge is 2.37. The number of hydrogen-bond acceptors (Lipinski definition) is 3. The number of nitrogens with zero attached hydrogens (tertiary/aromatic N) is 2. The van der Waals surface area contributed by atoms with Crippen LogP contribution in [0.15, 0.2) is 0 Å². The Kier molecular flexibility index (Phi) is 5.67. The third kappa shape index (κ3) is 3.93. The Morgan fingerprint density at radius 3 is 2.00 bits per heavy atom. The molecule has 0 aromatic heterocycles. The van der Waals surface area contributed by atoms with Gasteiger partial charge in [-0.2, -0.15) is 0 Å². The van der Waals surface area contributed by atoms with Crippen LogP contribution in [0.3, 0.4) is 0 Å². The third-order valence-electron chi connectivity index (χ3n) is 5.08. The van der Waals surface area contributed by atoms with E-state index >= 15 is 0 Å². The Balaban J connectivity index is 1.90. The van der Waals surface area contributed by atoms with Gasteiger partial charge >= 0.3 is 0 Å². The van der Waals surface area contributed by atoms with Crippen molar-refractivity contribution in [2.45, 2.75) is 57.9 Å². The summed E-state index contributed by atoms with van der Waals surface area (Å²) in [5, 5.41) is 0. The first kappa shape index (κ1) is 15.3. The smallest absolute Gasteiger partial charge is 0.0332 e. The van der Waals surface area contributed by atoms with E-state index in [0.717, 1.165) is 12.5 Å². The van der Waals surface area contributed by atoms with Gasteiger partial charge in [0.1, 0.15) is 0 Å². The number of rotatable bonds is 4. The van der Waals surface area contributed by atoms with Crippen molar-refractivity contribution < 1.29 is 0 Å². The normalized spacial score (nSPS) is 26.5. The summed E-state index contributed by atoms with van der Waals surface area (Å²) < 4.78 is 0. The van der Waals surface area contributed by atoms with Crippen LogP contribution < -0.4 is 5.73 Å². The van der Waals surface area contributed by atoms with Crippen molar-refractivity contribution in [3.05, 3.63) is 0 Å². The fourth-order valence-electron chi connectivity index (χ4n) is 3.96. The largest absolute Gasteiger partial charge is 0.329 e. The molecular formula is C16H33N3. The van der Waals surface area contributed by atoms with E-state index in [2.05, 4.69) is 23.6 Å². The first-order valence-electron chi connectivity index (χ1n) is 8.34. The van der Waals surface area contributed by atoms with Crippen LogP contribution in [-0.2, 0) is 0 Å². The van der Waals surface area contributed by atoms with Gasteiger partial charge in [0, 0.05) is 44.8 Å². The van der Waals surface area contributed by atoms with Gasteiger partial charge in [0.25, 0.3) is 0 Å². The zero-order chi connectivity index (χ0) is 13.7. The molecule has 2 rings (SSSR count). The Morgan fingerprint density at radius 1 is 0.947 bits per heavy atom. The SMILES string of the molecule is CC(C)CN1CCN(C2(CN)CCCCCC2)CC1. The van der Waals surface area contributed by atoms with E-state index in [4.69, 9.17) is 5.73 Å². The van der Waals surface area contributed by atoms with Crippen LogP contribution in [-0.4, -0.2) is 54.6 Å². The third-order valence-corrected chi connectivity index (χ3v) is 5.08. The summed E-state index contributed by atoms with van der Waals surface area (Å²) in [6.07, 6.45) is 8.23. The van der Waals surface area contributed by atoms with E-state index in [-0.39, 0.29) is 0 Å². The molecule has 3 nitrogen and oxygen atoms in total. The second-order valence-corrected chi connectivity index (χ2v) is 7.02. The molecule has 1 saturated carbocycles. The standard InChI is InChI=1S/C16H33N3/c1-15(2)13-18-9-11-19(12-10-18)16(14-17)7-5-3-4-6-8-16/h15H,3-14,17H2,1-2H3. The zero-order valence-corrected chi connectivity index (χ0v) is 13.0. The lowest BCUT2D eigenvalue weighted by molar-refractivity contribution is 0.0232. The van der Waals surface area contributed by atoms with E-state index in [1.54, 1.807) is 0 Å². The summed E-state index contributed by atoms with van der Waals surface area (Å²) in [6, 6.07) is 0. The zero-order valence-electron chi connectivity index (χ0n) is 13.0. The van der Waals surface area contributed by atoms with E-state index in [9.17, 15) is 0 Å². The lowest BCUT2D eigenvalue weighted by Gasteiger charge is -2.47. The van der Waals surface area contributed by atoms with Crippen LogP contribution in [0.25, 0.3) is 0 Å². The quantitative estimate of drug-likeness (QED) is 0.793. The molecule has 0 radical (unpaired) electrons. The summed E-state index contributed by atoms with van der Waals surface area (Å²) in [5.74, 6) is 0.785. The van der Waals surface area contributed by atoms with E-state index < -0.39 is 0 Å². The molecule has 1 saturated heterocycles. The van der Waals surface area contributed by atoms with Gasteiger partial charge in [0.2, 0.25) is 0 Å². The molecule has 0 amide bonds. The van der Waals surface area contributed by atoms with E-state index in [1.165, 1.54) is 71.2 Å². The van der Waals surface area contributed by atoms with Crippen molar-refractivity contribution in [1.29, 1.82) is 0 Å². The number of hydrogen-bond donors (Lipinski definition) is 1. The van der Waals surface area contributed by atoms with Gasteiger partial charge in [-0.25, -0.2) is 0 Å². The Bertz CT molecular complexity index is 249. The Labute approximate surface area is 119 Å². The molecule has 0 atom stereocenters. The second-order valence-electron chi connectivity index (χ2n) is 7.02. The van der Waals surface area contributed by atoms with E-state index in [1.807, 2.05) is 0 Å². The minimum Gasteiger partial charge on any atom is -0.329 e. The first-order valence-corrected chi connectivity index (χ1v) is 8.34. The monoisotopic (exact) mass is 267 g/mol. The molecule has 3 heteroatoms. The molecule has 1 aliphatic carbocycles. The van der Waals surface area contributed by atoms with Crippen LogP contribution in [0.4, 0.5) is 0 Å². The molecule has 0 aromatic rings. The second kappa shape index (κ2) is 7.05. The highest BCUT2D eigenvalue weighted by Crippen LogP contribution is 2.32. The van der Waals surface area contributed by atoms with Gasteiger partial charge in [0.05, 0.1) is 0 Å². The van der Waals surface area contributed by atoms with Gasteiger partial charge in [-0.3, -0.25) is 4.90 Å². The molecule has 2 fully saturated rings. The van der Waals surface area contributed by atoms with Crippen LogP contribution >= 0.6 is 0 Å². The summed E-state index contributed by atoms with van der Waals surface area (Å²) in [4.78, 5) is 5.36. The van der Waals surface area contributed by atoms with Crippen molar-refractivity contribution >= 4 is 0 Å². The van der Waals surface area contributed by atoms with Crippen molar-refractivity contribution in [3.8, 4) is 0 Å². The van der Waals surface area contributed by atoms with Crippen molar-refractivity contribution in [2.75, 3.05) is 39.3 Å². The molecule has 1 aliphatic heterocycles. The Morgan fingerprint density at radius 2 is 1.53 bits per heavy atom. The number of piperazine rings is 1. The lowest BCUT2D eigenvalue weighted by atomic mass is 9.87. The summed E-state index contributed by atoms with van der Waals surface area (Å²) in [7, 11) is 0. The average Bonchev–Trinajstić information content (AvgIpc) is 2.65. The summed E-state index contributed by atoms with van der Waals surface area (Å²) in [6.45, 7) is 11.7. The predicted molar refractivity (Wildman–Crippen MR) is 82.3 cm³/mol. The van der Waals surface area contributed by atoms with Gasteiger partial charge in [0.15, 0.2) is 0 Å². The van der Waals surface area contributed by atoms with Gasteiger partial charge in [-0.15, -0.1) is 0 Å². The van der Waals surface area contributed by atoms with Crippen molar-refractivity contribution in [1.82, 2.24) is 9.80 Å². The van der Waals surface area contributed by atoms with Gasteiger partial charge < -0.3 is 10.6 Å². The molecule has 112 valence electrons. The fraction of sp³-hybridized carbons (Fsp3) is 1.00. The van der Waals surface area contributed by atoms with Crippen molar-refractivity contribution in [3.63, 3.8) is 0 Å². The molecule has 2 aliphatic rings. The topological polar surface area (TPSA) is 32.5 Å². The molecule has 0 spiro atoms. The van der Waals surface area contributed by atoms with Crippen LogP contribution in [0.1, 0.15) is 52.4 Å². The van der Waals surface area contributed by atoms with E-state index in [0.29, 0.717) is 5.54 Å². The number of nitrogens with two attached hydrogens (primary N) is 1. The lowest BCUT2D eigenvalue weighted by Crippen LogP contribution is -2.60. The van der Waals surface area contributed by atoms with Crippen molar-refractivity contribution in [2.24, 2.45) is 11.7 Å². The molecule has 0 unspecified atom stereocenters. The summed E-state index contributed by atoms with van der Waals surface area (Å²) in [5.41, 5.74) is 6.53. The fourth-order valence-corrected chi connectivity index (χ4v) is 3.96. The predicted octanol–water partition coefficient (Wildman–Crippen LogP) is 2.31. The van der Waals surface area contributed by atoms with Gasteiger partial charge in [-0.05, 0) is 18.8 Å². The molecule has 0 aromatic carbocycles. The maximum Gasteiger partial charge on any atom is 0.0332 e. The van der Waals surface area contributed by atoms with Crippen LogP contribution in [0.5, 0.6) is 0 Å². The van der Waals surface area contributed by atoms with Crippen LogP contribution in [0, 0.1) is 5.92 Å². The minimum atomic E-state index is 0.334. The maximum absolute atomic E-state index is 6.20. The molecule has 2 N–H and O–H groups in total. The average molecular weight is 267 g/mol. The molecule has 19 heavy (non-hydrogen) atoms.